The van der Waals surface area contributed by atoms with Crippen LogP contribution in [0.2, 0.25) is 0 Å². The van der Waals surface area contributed by atoms with Crippen molar-refractivity contribution in [3.63, 3.8) is 0 Å². The molecule has 0 radical (unpaired) electrons. The van der Waals surface area contributed by atoms with Crippen molar-refractivity contribution in [3.8, 4) is 11.5 Å². The van der Waals surface area contributed by atoms with E-state index in [1.165, 1.54) is 19.2 Å². The number of carbonyl (C=O) groups is 2. The normalized spacial score (nSPS) is 11.0. The number of hydrogen-bond donors (Lipinski definition) is 1. The fourth-order valence-corrected chi connectivity index (χ4v) is 3.00. The Labute approximate surface area is 192 Å². The number of esters is 1. The highest BCUT2D eigenvalue weighted by Gasteiger charge is 2.17. The number of ether oxygens (including phenoxy) is 2. The van der Waals surface area contributed by atoms with Crippen LogP contribution in [0.5, 0.6) is 11.5 Å². The van der Waals surface area contributed by atoms with Crippen molar-refractivity contribution in [1.82, 2.24) is 0 Å². The van der Waals surface area contributed by atoms with E-state index < -0.39 is 0 Å². The van der Waals surface area contributed by atoms with Crippen LogP contribution in [-0.2, 0) is 16.0 Å². The van der Waals surface area contributed by atoms with Gasteiger partial charge in [-0.2, -0.15) is 5.11 Å². The van der Waals surface area contributed by atoms with E-state index in [1.54, 1.807) is 50.2 Å². The van der Waals surface area contributed by atoms with Crippen molar-refractivity contribution >= 4 is 23.1 Å². The van der Waals surface area contributed by atoms with Crippen LogP contribution in [0.15, 0.2) is 77.0 Å². The van der Waals surface area contributed by atoms with E-state index in [2.05, 4.69) is 10.2 Å². The molecule has 0 saturated heterocycles. The minimum Gasteiger partial charge on any atom is -0.507 e. The molecule has 0 aliphatic rings. The Balaban J connectivity index is 1.75. The van der Waals surface area contributed by atoms with E-state index in [0.717, 1.165) is 5.56 Å². The third-order valence-electron chi connectivity index (χ3n) is 4.89. The largest absolute Gasteiger partial charge is 0.507 e. The lowest BCUT2D eigenvalue weighted by molar-refractivity contribution is -0.147. The minimum absolute atomic E-state index is 0.113. The second-order valence-electron chi connectivity index (χ2n) is 7.68. The van der Waals surface area contributed by atoms with Crippen molar-refractivity contribution in [2.75, 3.05) is 13.7 Å². The Morgan fingerprint density at radius 1 is 0.970 bits per heavy atom. The second-order valence-corrected chi connectivity index (χ2v) is 7.68. The summed E-state index contributed by atoms with van der Waals surface area (Å²) in [6.45, 7) is 3.91. The van der Waals surface area contributed by atoms with Crippen molar-refractivity contribution in [2.24, 2.45) is 16.1 Å². The number of carbonyl (C=O) groups excluding carboxylic acids is 2. The van der Waals surface area contributed by atoms with Crippen molar-refractivity contribution in [1.29, 1.82) is 0 Å². The Hall–Kier alpha value is -4.00. The van der Waals surface area contributed by atoms with Gasteiger partial charge < -0.3 is 14.6 Å². The number of azo groups is 1. The Morgan fingerprint density at radius 2 is 1.67 bits per heavy atom. The van der Waals surface area contributed by atoms with E-state index in [-0.39, 0.29) is 29.0 Å². The summed E-state index contributed by atoms with van der Waals surface area (Å²) in [4.78, 5) is 24.3. The maximum atomic E-state index is 12.8. The van der Waals surface area contributed by atoms with E-state index in [1.807, 2.05) is 18.2 Å². The van der Waals surface area contributed by atoms with Gasteiger partial charge in [-0.3, -0.25) is 9.59 Å². The van der Waals surface area contributed by atoms with Gasteiger partial charge in [0.15, 0.2) is 5.78 Å². The van der Waals surface area contributed by atoms with Gasteiger partial charge in [-0.15, -0.1) is 5.11 Å². The molecule has 0 amide bonds. The lowest BCUT2D eigenvalue weighted by Crippen LogP contribution is -2.13. The standard InChI is InChI=1S/C26H26N2O5/c1-17(2)26(31)33-14-13-18-9-11-20(12-10-18)27-28-22-15-21(23(29)16-24(22)32-3)25(30)19-7-5-4-6-8-19/h4-12,15-17,29H,13-14H2,1-3H3. The van der Waals surface area contributed by atoms with Crippen molar-refractivity contribution in [3.05, 3.63) is 83.4 Å². The fraction of sp³-hybridized carbons (Fsp3) is 0.231. The van der Waals surface area contributed by atoms with Gasteiger partial charge in [-0.05, 0) is 23.8 Å². The molecule has 0 fully saturated rings. The van der Waals surface area contributed by atoms with Gasteiger partial charge >= 0.3 is 5.97 Å². The number of benzene rings is 3. The van der Waals surface area contributed by atoms with Gasteiger partial charge in [-0.25, -0.2) is 0 Å². The summed E-state index contributed by atoms with van der Waals surface area (Å²) < 4.78 is 10.5. The monoisotopic (exact) mass is 446 g/mol. The zero-order chi connectivity index (χ0) is 23.8. The zero-order valence-electron chi connectivity index (χ0n) is 18.8. The number of nitrogens with zero attached hydrogens (tertiary/aromatic N) is 2. The molecule has 0 spiro atoms. The molecular formula is C26H26N2O5. The van der Waals surface area contributed by atoms with Gasteiger partial charge in [-0.1, -0.05) is 56.3 Å². The maximum Gasteiger partial charge on any atom is 0.308 e. The predicted molar refractivity (Wildman–Crippen MR) is 125 cm³/mol. The van der Waals surface area contributed by atoms with Gasteiger partial charge in [0.1, 0.15) is 17.2 Å². The summed E-state index contributed by atoms with van der Waals surface area (Å²) in [5, 5.41) is 18.8. The molecule has 1 N–H and O–H groups in total. The van der Waals surface area contributed by atoms with Crippen LogP contribution >= 0.6 is 0 Å². The molecule has 0 aliphatic heterocycles. The number of phenolic OH excluding ortho intramolecular Hbond substituents is 1. The highest BCUT2D eigenvalue weighted by Crippen LogP contribution is 2.36. The van der Waals surface area contributed by atoms with Crippen LogP contribution in [0, 0.1) is 5.92 Å². The minimum atomic E-state index is -0.324. The number of aromatic hydroxyl groups is 1. The average molecular weight is 447 g/mol. The molecule has 170 valence electrons. The number of phenols is 1. The SMILES string of the molecule is COc1cc(O)c(C(=O)c2ccccc2)cc1N=Nc1ccc(CCOC(=O)C(C)C)cc1. The van der Waals surface area contributed by atoms with E-state index in [9.17, 15) is 14.7 Å². The predicted octanol–water partition coefficient (Wildman–Crippen LogP) is 5.79. The van der Waals surface area contributed by atoms with Crippen molar-refractivity contribution in [2.45, 2.75) is 20.3 Å². The lowest BCUT2D eigenvalue weighted by Gasteiger charge is -2.09. The first-order valence-electron chi connectivity index (χ1n) is 10.6. The van der Waals surface area contributed by atoms with Crippen LogP contribution in [-0.4, -0.2) is 30.6 Å². The van der Waals surface area contributed by atoms with Crippen LogP contribution in [0.25, 0.3) is 0 Å². The topological polar surface area (TPSA) is 97.6 Å². The first-order valence-corrected chi connectivity index (χ1v) is 10.6. The van der Waals surface area contributed by atoms with E-state index in [4.69, 9.17) is 9.47 Å². The van der Waals surface area contributed by atoms with Gasteiger partial charge in [0, 0.05) is 18.1 Å². The third-order valence-corrected chi connectivity index (χ3v) is 4.89. The first-order chi connectivity index (χ1) is 15.9. The number of ketones is 1. The molecule has 0 saturated carbocycles. The number of hydrogen-bond acceptors (Lipinski definition) is 7. The molecule has 7 heteroatoms. The molecule has 3 aromatic rings. The smallest absolute Gasteiger partial charge is 0.308 e. The highest BCUT2D eigenvalue weighted by molar-refractivity contribution is 6.11. The number of methoxy groups -OCH3 is 1. The molecular weight excluding hydrogens is 420 g/mol. The summed E-state index contributed by atoms with van der Waals surface area (Å²) in [6.07, 6.45) is 0.604. The van der Waals surface area contributed by atoms with E-state index in [0.29, 0.717) is 35.7 Å². The summed E-state index contributed by atoms with van der Waals surface area (Å²) in [5.41, 5.74) is 2.49. The summed E-state index contributed by atoms with van der Waals surface area (Å²) in [6, 6.07) is 18.9. The van der Waals surface area contributed by atoms with Crippen LogP contribution in [0.1, 0.15) is 35.3 Å². The highest BCUT2D eigenvalue weighted by atomic mass is 16.5. The molecule has 7 nitrogen and oxygen atoms in total. The Bertz CT molecular complexity index is 1140. The van der Waals surface area contributed by atoms with Gasteiger partial charge in [0.2, 0.25) is 0 Å². The second kappa shape index (κ2) is 11.0. The summed E-state index contributed by atoms with van der Waals surface area (Å²) in [7, 11) is 1.45. The molecule has 33 heavy (non-hydrogen) atoms. The Kier molecular flexibility index (Phi) is 7.91. The van der Waals surface area contributed by atoms with Crippen molar-refractivity contribution < 1.29 is 24.2 Å². The quantitative estimate of drug-likeness (QED) is 0.255. The van der Waals surface area contributed by atoms with E-state index >= 15 is 0 Å². The van der Waals surface area contributed by atoms with Crippen LogP contribution in [0.3, 0.4) is 0 Å². The molecule has 3 rings (SSSR count). The first kappa shape index (κ1) is 23.7. The zero-order valence-corrected chi connectivity index (χ0v) is 18.8. The maximum absolute atomic E-state index is 12.8. The fourth-order valence-electron chi connectivity index (χ4n) is 3.00. The summed E-state index contributed by atoms with van der Waals surface area (Å²) in [5.74, 6) is -0.581. The van der Waals surface area contributed by atoms with Crippen LogP contribution in [0.4, 0.5) is 11.4 Å². The third kappa shape index (κ3) is 6.26. The number of rotatable bonds is 9. The molecule has 0 aromatic heterocycles. The summed E-state index contributed by atoms with van der Waals surface area (Å²) >= 11 is 0. The van der Waals surface area contributed by atoms with Crippen LogP contribution < -0.4 is 4.74 Å². The lowest BCUT2D eigenvalue weighted by atomic mass is 10.0. The molecule has 0 heterocycles. The molecule has 0 bridgehead atoms. The van der Waals surface area contributed by atoms with Gasteiger partial charge in [0.05, 0.1) is 30.9 Å². The molecule has 3 aromatic carbocycles. The molecule has 0 aliphatic carbocycles. The average Bonchev–Trinajstić information content (AvgIpc) is 2.83. The molecule has 0 unspecified atom stereocenters. The van der Waals surface area contributed by atoms with Gasteiger partial charge in [0.25, 0.3) is 0 Å². The Morgan fingerprint density at radius 3 is 2.30 bits per heavy atom. The molecule has 0 atom stereocenters.